The molecular formula is C12H19N3O4S. The molecule has 0 bridgehead atoms. The second kappa shape index (κ2) is 6.69. The van der Waals surface area contributed by atoms with Crippen LogP contribution in [0.25, 0.3) is 0 Å². The van der Waals surface area contributed by atoms with Crippen LogP contribution in [0.15, 0.2) is 17.0 Å². The maximum Gasteiger partial charge on any atom is 0.243 e. The number of hydrogen-bond acceptors (Lipinski definition) is 5. The number of rotatable bonds is 7. The largest absolute Gasteiger partial charge is 0.398 e. The summed E-state index contributed by atoms with van der Waals surface area (Å²) in [6.07, 6.45) is 0. The Labute approximate surface area is 118 Å². The number of nitrogens with two attached hydrogens (primary N) is 2. The fraction of sp³-hybridized carbons (Fsp3) is 0.417. The second-order valence-corrected chi connectivity index (χ2v) is 6.14. The van der Waals surface area contributed by atoms with Crippen molar-refractivity contribution in [3.63, 3.8) is 0 Å². The van der Waals surface area contributed by atoms with E-state index in [1.165, 1.54) is 6.07 Å². The van der Waals surface area contributed by atoms with Gasteiger partial charge in [0.1, 0.15) is 6.61 Å². The van der Waals surface area contributed by atoms with E-state index >= 15 is 0 Å². The molecule has 7 nitrogen and oxygen atoms in total. The highest BCUT2D eigenvalue weighted by Crippen LogP contribution is 2.21. The minimum Gasteiger partial charge on any atom is -0.398 e. The molecule has 0 fully saturated rings. The Kier molecular flexibility index (Phi) is 5.49. The molecule has 0 aromatic heterocycles. The summed E-state index contributed by atoms with van der Waals surface area (Å²) in [7, 11) is -3.65. The van der Waals surface area contributed by atoms with Crippen LogP contribution in [0.5, 0.6) is 0 Å². The van der Waals surface area contributed by atoms with Gasteiger partial charge >= 0.3 is 0 Å². The number of amides is 1. The van der Waals surface area contributed by atoms with E-state index in [9.17, 15) is 13.2 Å². The number of carbonyl (C=O) groups excluding carboxylic acids is 1. The fourth-order valence-corrected chi connectivity index (χ4v) is 2.64. The van der Waals surface area contributed by atoms with Crippen molar-refractivity contribution >= 4 is 21.6 Å². The molecule has 0 aliphatic heterocycles. The standard InChI is InChI=1S/C12H19N3O4S/c1-8-5-10(6-11(13)9(8)2)20(17,18)15-3-4-19-7-12(14)16/h5-6,15H,3-4,7,13H2,1-2H3,(H2,14,16). The summed E-state index contributed by atoms with van der Waals surface area (Å²) in [4.78, 5) is 10.5. The third-order valence-corrected chi connectivity index (χ3v) is 4.21. The molecule has 0 heterocycles. The average molecular weight is 301 g/mol. The molecule has 0 radical (unpaired) electrons. The van der Waals surface area contributed by atoms with E-state index in [-0.39, 0.29) is 24.7 Å². The molecule has 0 aliphatic rings. The monoisotopic (exact) mass is 301 g/mol. The van der Waals surface area contributed by atoms with Crippen LogP contribution in [0.4, 0.5) is 5.69 Å². The van der Waals surface area contributed by atoms with E-state index in [0.717, 1.165) is 11.1 Å². The summed E-state index contributed by atoms with van der Waals surface area (Å²) in [5, 5.41) is 0. The zero-order valence-corrected chi connectivity index (χ0v) is 12.3. The van der Waals surface area contributed by atoms with E-state index in [2.05, 4.69) is 4.72 Å². The molecule has 0 unspecified atom stereocenters. The Morgan fingerprint density at radius 2 is 2.00 bits per heavy atom. The lowest BCUT2D eigenvalue weighted by atomic mass is 10.1. The van der Waals surface area contributed by atoms with Gasteiger partial charge in [-0.2, -0.15) is 0 Å². The smallest absolute Gasteiger partial charge is 0.243 e. The maximum atomic E-state index is 12.0. The van der Waals surface area contributed by atoms with E-state index in [1.807, 2.05) is 6.92 Å². The van der Waals surface area contributed by atoms with Crippen molar-refractivity contribution in [3.8, 4) is 0 Å². The SMILES string of the molecule is Cc1cc(S(=O)(=O)NCCOCC(N)=O)cc(N)c1C. The first-order valence-electron chi connectivity index (χ1n) is 5.96. The average Bonchev–Trinajstić information content (AvgIpc) is 2.34. The van der Waals surface area contributed by atoms with Crippen LogP contribution >= 0.6 is 0 Å². The second-order valence-electron chi connectivity index (χ2n) is 4.37. The van der Waals surface area contributed by atoms with Gasteiger partial charge in [-0.3, -0.25) is 4.79 Å². The van der Waals surface area contributed by atoms with E-state index in [4.69, 9.17) is 16.2 Å². The zero-order valence-electron chi connectivity index (χ0n) is 11.5. The van der Waals surface area contributed by atoms with Gasteiger partial charge < -0.3 is 16.2 Å². The predicted molar refractivity (Wildman–Crippen MR) is 75.5 cm³/mol. The Morgan fingerprint density at radius 3 is 2.55 bits per heavy atom. The van der Waals surface area contributed by atoms with Gasteiger partial charge in [0.15, 0.2) is 0 Å². The molecule has 20 heavy (non-hydrogen) atoms. The lowest BCUT2D eigenvalue weighted by Crippen LogP contribution is -2.29. The minimum atomic E-state index is -3.65. The molecule has 1 rings (SSSR count). The van der Waals surface area contributed by atoms with Crippen molar-refractivity contribution in [2.24, 2.45) is 5.73 Å². The van der Waals surface area contributed by atoms with Crippen LogP contribution in [-0.4, -0.2) is 34.1 Å². The first-order valence-corrected chi connectivity index (χ1v) is 7.45. The van der Waals surface area contributed by atoms with Crippen molar-refractivity contribution in [1.82, 2.24) is 4.72 Å². The van der Waals surface area contributed by atoms with Gasteiger partial charge in [0.2, 0.25) is 15.9 Å². The number of nitrogen functional groups attached to an aromatic ring is 1. The van der Waals surface area contributed by atoms with Crippen molar-refractivity contribution in [3.05, 3.63) is 23.3 Å². The maximum absolute atomic E-state index is 12.0. The predicted octanol–water partition coefficient (Wildman–Crippen LogP) is -0.334. The summed E-state index contributed by atoms with van der Waals surface area (Å²) < 4.78 is 31.3. The first kappa shape index (κ1) is 16.4. The van der Waals surface area contributed by atoms with Gasteiger partial charge in [0.05, 0.1) is 11.5 Å². The molecule has 5 N–H and O–H groups in total. The number of sulfonamides is 1. The number of benzene rings is 1. The molecule has 1 aromatic carbocycles. The van der Waals surface area contributed by atoms with Crippen LogP contribution in [0.1, 0.15) is 11.1 Å². The third kappa shape index (κ3) is 4.48. The number of hydrogen-bond donors (Lipinski definition) is 3. The highest BCUT2D eigenvalue weighted by atomic mass is 32.2. The van der Waals surface area contributed by atoms with E-state index in [0.29, 0.717) is 5.69 Å². The third-order valence-electron chi connectivity index (χ3n) is 2.77. The van der Waals surface area contributed by atoms with Gasteiger partial charge in [0.25, 0.3) is 0 Å². The molecule has 112 valence electrons. The Balaban J connectivity index is 2.67. The normalized spacial score (nSPS) is 11.5. The molecule has 0 saturated heterocycles. The number of aryl methyl sites for hydroxylation is 1. The summed E-state index contributed by atoms with van der Waals surface area (Å²) in [5.74, 6) is -0.602. The fourth-order valence-electron chi connectivity index (χ4n) is 1.51. The molecule has 0 aliphatic carbocycles. The summed E-state index contributed by atoms with van der Waals surface area (Å²) in [6.45, 7) is 3.48. The first-order chi connectivity index (χ1) is 9.24. The van der Waals surface area contributed by atoms with Gasteiger partial charge in [0, 0.05) is 12.2 Å². The number of carbonyl (C=O) groups is 1. The molecule has 0 atom stereocenters. The lowest BCUT2D eigenvalue weighted by Gasteiger charge is -2.11. The number of anilines is 1. The summed E-state index contributed by atoms with van der Waals surface area (Å²) in [5.41, 5.74) is 12.7. The van der Waals surface area contributed by atoms with Gasteiger partial charge in [-0.25, -0.2) is 13.1 Å². The van der Waals surface area contributed by atoms with Crippen molar-refractivity contribution in [2.75, 3.05) is 25.5 Å². The van der Waals surface area contributed by atoms with E-state index in [1.54, 1.807) is 13.0 Å². The molecule has 8 heteroatoms. The molecule has 1 amide bonds. The van der Waals surface area contributed by atoms with E-state index < -0.39 is 15.9 Å². The van der Waals surface area contributed by atoms with Gasteiger partial charge in [-0.05, 0) is 37.1 Å². The lowest BCUT2D eigenvalue weighted by molar-refractivity contribution is -0.122. The Morgan fingerprint density at radius 1 is 1.35 bits per heavy atom. The molecule has 1 aromatic rings. The van der Waals surface area contributed by atoms with Gasteiger partial charge in [-0.1, -0.05) is 0 Å². The highest BCUT2D eigenvalue weighted by Gasteiger charge is 2.15. The highest BCUT2D eigenvalue weighted by molar-refractivity contribution is 7.89. The Hall–Kier alpha value is -1.64. The van der Waals surface area contributed by atoms with Crippen molar-refractivity contribution in [1.29, 1.82) is 0 Å². The van der Waals surface area contributed by atoms with Crippen LogP contribution in [0, 0.1) is 13.8 Å². The van der Waals surface area contributed by atoms with Crippen molar-refractivity contribution in [2.45, 2.75) is 18.7 Å². The zero-order chi connectivity index (χ0) is 15.3. The molecule has 0 saturated carbocycles. The Bertz CT molecular complexity index is 576. The summed E-state index contributed by atoms with van der Waals surface area (Å²) >= 11 is 0. The number of ether oxygens (including phenoxy) is 1. The topological polar surface area (TPSA) is 125 Å². The van der Waals surface area contributed by atoms with Crippen LogP contribution in [-0.2, 0) is 19.6 Å². The van der Waals surface area contributed by atoms with Crippen LogP contribution in [0.2, 0.25) is 0 Å². The number of primary amides is 1. The summed E-state index contributed by atoms with van der Waals surface area (Å²) in [6, 6.07) is 2.97. The quantitative estimate of drug-likeness (QED) is 0.469. The van der Waals surface area contributed by atoms with Crippen molar-refractivity contribution < 1.29 is 17.9 Å². The van der Waals surface area contributed by atoms with Crippen LogP contribution < -0.4 is 16.2 Å². The molecular weight excluding hydrogens is 282 g/mol. The van der Waals surface area contributed by atoms with Crippen LogP contribution in [0.3, 0.4) is 0 Å². The number of nitrogens with one attached hydrogen (secondary N) is 1. The molecule has 0 spiro atoms. The van der Waals surface area contributed by atoms with Gasteiger partial charge in [-0.15, -0.1) is 0 Å². The minimum absolute atomic E-state index is 0.0441.